The zero-order valence-electron chi connectivity index (χ0n) is 10.6. The fourth-order valence-corrected chi connectivity index (χ4v) is 2.82. The summed E-state index contributed by atoms with van der Waals surface area (Å²) in [5.74, 6) is 1.62. The normalized spacial score (nSPS) is 15.1. The molecular weight excluding hydrogens is 264 g/mol. The number of aliphatic hydroxyl groups is 1. The van der Waals surface area contributed by atoms with E-state index in [1.165, 1.54) is 0 Å². The minimum Gasteiger partial charge on any atom is -0.493 e. The van der Waals surface area contributed by atoms with Crippen molar-refractivity contribution >= 4 is 11.6 Å². The second-order valence-electron chi connectivity index (χ2n) is 4.80. The number of halogens is 1. The van der Waals surface area contributed by atoms with Gasteiger partial charge in [-0.1, -0.05) is 11.6 Å². The predicted octanol–water partition coefficient (Wildman–Crippen LogP) is 3.45. The van der Waals surface area contributed by atoms with E-state index in [2.05, 4.69) is 0 Å². The first kappa shape index (κ1) is 12.6. The highest BCUT2D eigenvalue weighted by atomic mass is 35.5. The van der Waals surface area contributed by atoms with Gasteiger partial charge in [-0.25, -0.2) is 0 Å². The maximum Gasteiger partial charge on any atom is 0.126 e. The average molecular weight is 279 g/mol. The molecule has 0 amide bonds. The lowest BCUT2D eigenvalue weighted by atomic mass is 9.99. The minimum absolute atomic E-state index is 0.475. The van der Waals surface area contributed by atoms with Crippen LogP contribution in [0.4, 0.5) is 0 Å². The van der Waals surface area contributed by atoms with E-state index in [0.29, 0.717) is 18.1 Å². The van der Waals surface area contributed by atoms with Crippen molar-refractivity contribution in [3.05, 3.63) is 51.9 Å². The molecule has 100 valence electrons. The summed E-state index contributed by atoms with van der Waals surface area (Å²) in [5.41, 5.74) is 2.89. The third-order valence-corrected chi connectivity index (χ3v) is 3.71. The molecule has 1 aliphatic heterocycles. The van der Waals surface area contributed by atoms with E-state index in [4.69, 9.17) is 20.8 Å². The Kier molecular flexibility index (Phi) is 3.25. The van der Waals surface area contributed by atoms with Crippen molar-refractivity contribution in [2.24, 2.45) is 0 Å². The Labute approximate surface area is 116 Å². The van der Waals surface area contributed by atoms with Gasteiger partial charge in [0.25, 0.3) is 0 Å². The number of ether oxygens (including phenoxy) is 1. The zero-order chi connectivity index (χ0) is 13.4. The number of benzene rings is 1. The van der Waals surface area contributed by atoms with Gasteiger partial charge in [0.2, 0.25) is 0 Å². The monoisotopic (exact) mass is 278 g/mol. The summed E-state index contributed by atoms with van der Waals surface area (Å²) in [6.07, 6.45) is 2.34. The van der Waals surface area contributed by atoms with Crippen LogP contribution in [0.5, 0.6) is 5.75 Å². The van der Waals surface area contributed by atoms with Crippen molar-refractivity contribution in [1.82, 2.24) is 0 Å². The summed E-state index contributed by atoms with van der Waals surface area (Å²) >= 11 is 6.11. The van der Waals surface area contributed by atoms with Crippen LogP contribution in [0.2, 0.25) is 5.02 Å². The Morgan fingerprint density at radius 2 is 2.26 bits per heavy atom. The van der Waals surface area contributed by atoms with Gasteiger partial charge in [0.05, 0.1) is 19.0 Å². The molecule has 0 spiro atoms. The van der Waals surface area contributed by atoms with Crippen LogP contribution in [0.3, 0.4) is 0 Å². The van der Waals surface area contributed by atoms with Gasteiger partial charge in [-0.15, -0.1) is 0 Å². The molecule has 1 aromatic heterocycles. The van der Waals surface area contributed by atoms with Gasteiger partial charge in [0.15, 0.2) is 0 Å². The molecule has 4 heteroatoms. The molecule has 1 aliphatic rings. The summed E-state index contributed by atoms with van der Waals surface area (Å²) < 4.78 is 10.9. The summed E-state index contributed by atoms with van der Waals surface area (Å²) in [6, 6.07) is 5.60. The lowest BCUT2D eigenvalue weighted by molar-refractivity contribution is 0.175. The lowest BCUT2D eigenvalue weighted by Crippen LogP contribution is -2.03. The van der Waals surface area contributed by atoms with Crippen LogP contribution in [-0.2, 0) is 12.8 Å². The molecule has 1 aromatic carbocycles. The van der Waals surface area contributed by atoms with Gasteiger partial charge in [-0.05, 0) is 36.2 Å². The summed E-state index contributed by atoms with van der Waals surface area (Å²) in [7, 11) is 0. The van der Waals surface area contributed by atoms with E-state index < -0.39 is 6.10 Å². The zero-order valence-corrected chi connectivity index (χ0v) is 11.4. The van der Waals surface area contributed by atoms with Crippen LogP contribution in [0.1, 0.15) is 28.6 Å². The van der Waals surface area contributed by atoms with E-state index in [9.17, 15) is 5.11 Å². The number of hydrogen-bond acceptors (Lipinski definition) is 3. The number of hydrogen-bond donors (Lipinski definition) is 1. The Bertz CT molecular complexity index is 603. The lowest BCUT2D eigenvalue weighted by Gasteiger charge is -2.13. The first-order valence-corrected chi connectivity index (χ1v) is 6.69. The van der Waals surface area contributed by atoms with E-state index in [0.717, 1.165) is 34.6 Å². The second kappa shape index (κ2) is 4.91. The maximum atomic E-state index is 10.3. The highest BCUT2D eigenvalue weighted by molar-refractivity contribution is 6.30. The fraction of sp³-hybridized carbons (Fsp3) is 0.333. The van der Waals surface area contributed by atoms with E-state index >= 15 is 0 Å². The number of aryl methyl sites for hydroxylation is 1. The standard InChI is InChI=1S/C15H15ClO3/c1-9-13(3-5-18-9)14(17)8-11-7-12(16)6-10-2-4-19-15(10)11/h3,5-7,14,17H,2,4,8H2,1H3. The Hall–Kier alpha value is -1.45. The molecule has 1 atom stereocenters. The van der Waals surface area contributed by atoms with Gasteiger partial charge in [-0.2, -0.15) is 0 Å². The van der Waals surface area contributed by atoms with Crippen molar-refractivity contribution in [2.45, 2.75) is 25.9 Å². The topological polar surface area (TPSA) is 42.6 Å². The maximum absolute atomic E-state index is 10.3. The second-order valence-corrected chi connectivity index (χ2v) is 5.24. The molecular formula is C15H15ClO3. The molecule has 0 saturated heterocycles. The van der Waals surface area contributed by atoms with Crippen LogP contribution in [0.25, 0.3) is 0 Å². The quantitative estimate of drug-likeness (QED) is 0.935. The van der Waals surface area contributed by atoms with E-state index in [1.807, 2.05) is 19.1 Å². The number of fused-ring (bicyclic) bond motifs is 1. The van der Waals surface area contributed by atoms with Crippen LogP contribution in [-0.4, -0.2) is 11.7 Å². The summed E-state index contributed by atoms with van der Waals surface area (Å²) in [6.45, 7) is 2.53. The molecule has 1 N–H and O–H groups in total. The van der Waals surface area contributed by atoms with Crippen molar-refractivity contribution < 1.29 is 14.3 Å². The molecule has 2 heterocycles. The predicted molar refractivity (Wildman–Crippen MR) is 72.8 cm³/mol. The van der Waals surface area contributed by atoms with E-state index in [1.54, 1.807) is 12.3 Å². The molecule has 0 fully saturated rings. The van der Waals surface area contributed by atoms with Gasteiger partial charge >= 0.3 is 0 Å². The summed E-state index contributed by atoms with van der Waals surface area (Å²) in [4.78, 5) is 0. The third kappa shape index (κ3) is 2.36. The van der Waals surface area contributed by atoms with E-state index in [-0.39, 0.29) is 0 Å². The molecule has 0 saturated carbocycles. The third-order valence-electron chi connectivity index (χ3n) is 3.50. The van der Waals surface area contributed by atoms with Crippen LogP contribution >= 0.6 is 11.6 Å². The van der Waals surface area contributed by atoms with Crippen LogP contribution in [0.15, 0.2) is 28.9 Å². The van der Waals surface area contributed by atoms with Gasteiger partial charge < -0.3 is 14.3 Å². The highest BCUT2D eigenvalue weighted by Gasteiger charge is 2.21. The Balaban J connectivity index is 1.90. The number of aliphatic hydroxyl groups excluding tert-OH is 1. The van der Waals surface area contributed by atoms with Crippen molar-refractivity contribution in [3.8, 4) is 5.75 Å². The number of furan rings is 1. The molecule has 0 bridgehead atoms. The largest absolute Gasteiger partial charge is 0.493 e. The Morgan fingerprint density at radius 1 is 1.42 bits per heavy atom. The average Bonchev–Trinajstić information content (AvgIpc) is 2.97. The first-order chi connectivity index (χ1) is 9.15. The molecule has 0 aliphatic carbocycles. The molecule has 3 nitrogen and oxygen atoms in total. The number of rotatable bonds is 3. The van der Waals surface area contributed by atoms with Gasteiger partial charge in [-0.3, -0.25) is 0 Å². The smallest absolute Gasteiger partial charge is 0.126 e. The first-order valence-electron chi connectivity index (χ1n) is 6.31. The fourth-order valence-electron chi connectivity index (χ4n) is 2.56. The van der Waals surface area contributed by atoms with Gasteiger partial charge in [0, 0.05) is 23.4 Å². The van der Waals surface area contributed by atoms with Crippen molar-refractivity contribution in [3.63, 3.8) is 0 Å². The highest BCUT2D eigenvalue weighted by Crippen LogP contribution is 2.35. The molecule has 1 unspecified atom stereocenters. The molecule has 2 aromatic rings. The molecule has 0 radical (unpaired) electrons. The van der Waals surface area contributed by atoms with Crippen molar-refractivity contribution in [1.29, 1.82) is 0 Å². The van der Waals surface area contributed by atoms with Crippen LogP contribution in [0, 0.1) is 6.92 Å². The summed E-state index contributed by atoms with van der Waals surface area (Å²) in [5, 5.41) is 11.0. The van der Waals surface area contributed by atoms with Crippen molar-refractivity contribution in [2.75, 3.05) is 6.61 Å². The molecule has 19 heavy (non-hydrogen) atoms. The SMILES string of the molecule is Cc1occc1C(O)Cc1cc(Cl)cc2c1OCC2. The van der Waals surface area contributed by atoms with Crippen LogP contribution < -0.4 is 4.74 Å². The minimum atomic E-state index is -0.606. The van der Waals surface area contributed by atoms with Gasteiger partial charge in [0.1, 0.15) is 11.5 Å². The Morgan fingerprint density at radius 3 is 3.00 bits per heavy atom. The molecule has 3 rings (SSSR count).